The van der Waals surface area contributed by atoms with E-state index in [-0.39, 0.29) is 17.7 Å². The molecule has 0 bridgehead atoms. The van der Waals surface area contributed by atoms with E-state index >= 15 is 0 Å². The highest BCUT2D eigenvalue weighted by atomic mass is 16.2. The van der Waals surface area contributed by atoms with Crippen LogP contribution in [0, 0.1) is 12.8 Å². The van der Waals surface area contributed by atoms with Crippen molar-refractivity contribution >= 4 is 23.5 Å². The summed E-state index contributed by atoms with van der Waals surface area (Å²) in [7, 11) is 2.15. The minimum atomic E-state index is -0.0793. The zero-order valence-electron chi connectivity index (χ0n) is 17.4. The molecule has 4 rings (SSSR count). The van der Waals surface area contributed by atoms with Crippen molar-refractivity contribution < 1.29 is 9.59 Å². The van der Waals surface area contributed by atoms with E-state index in [9.17, 15) is 9.59 Å². The maximum Gasteiger partial charge on any atom is 0.227 e. The molecule has 1 unspecified atom stereocenters. The van der Waals surface area contributed by atoms with Crippen LogP contribution < -0.4 is 15.1 Å². The number of amides is 2. The van der Waals surface area contributed by atoms with Crippen LogP contribution in [0.25, 0.3) is 0 Å². The molecule has 2 amide bonds. The molecule has 9 nitrogen and oxygen atoms in total. The summed E-state index contributed by atoms with van der Waals surface area (Å²) in [5.74, 6) is 2.87. The molecule has 0 aromatic carbocycles. The highest BCUT2D eigenvalue weighted by Crippen LogP contribution is 2.22. The van der Waals surface area contributed by atoms with Crippen molar-refractivity contribution in [3.8, 4) is 0 Å². The first-order valence-corrected chi connectivity index (χ1v) is 10.6. The highest BCUT2D eigenvalue weighted by Gasteiger charge is 2.30. The highest BCUT2D eigenvalue weighted by molar-refractivity contribution is 5.84. The largest absolute Gasteiger partial charge is 0.355 e. The minimum absolute atomic E-state index is 0.0501. The van der Waals surface area contributed by atoms with Crippen LogP contribution in [0.1, 0.15) is 18.7 Å². The van der Waals surface area contributed by atoms with Crippen molar-refractivity contribution in [1.29, 1.82) is 0 Å². The van der Waals surface area contributed by atoms with E-state index in [1.54, 1.807) is 0 Å². The lowest BCUT2D eigenvalue weighted by molar-refractivity contribution is -0.137. The Labute approximate surface area is 172 Å². The standard InChI is InChI=1S/C20H31N7O2/c1-15-22-17(25-7-5-24(2)6-8-25)13-18(23-15)26-9-11-27(12-10-26)20(29)16-3-4-19(28)21-14-16/h13,16H,3-12,14H2,1-2H3,(H,21,28). The third kappa shape index (κ3) is 4.60. The molecule has 3 aliphatic rings. The van der Waals surface area contributed by atoms with Gasteiger partial charge in [0.15, 0.2) is 0 Å². The Kier molecular flexibility index (Phi) is 5.84. The number of hydrogen-bond acceptors (Lipinski definition) is 7. The molecule has 0 spiro atoms. The van der Waals surface area contributed by atoms with Gasteiger partial charge in [0.2, 0.25) is 11.8 Å². The van der Waals surface area contributed by atoms with Gasteiger partial charge in [0.25, 0.3) is 0 Å². The van der Waals surface area contributed by atoms with E-state index in [1.165, 1.54) is 0 Å². The summed E-state index contributed by atoms with van der Waals surface area (Å²) in [5, 5.41) is 2.81. The Morgan fingerprint density at radius 2 is 1.59 bits per heavy atom. The summed E-state index contributed by atoms with van der Waals surface area (Å²) >= 11 is 0. The fourth-order valence-electron chi connectivity index (χ4n) is 4.25. The van der Waals surface area contributed by atoms with E-state index in [4.69, 9.17) is 0 Å². The normalized spacial score (nSPS) is 23.9. The fourth-order valence-corrected chi connectivity index (χ4v) is 4.25. The van der Waals surface area contributed by atoms with Crippen LogP contribution in [-0.4, -0.2) is 97.5 Å². The molecule has 0 aliphatic carbocycles. The zero-order chi connectivity index (χ0) is 20.4. The van der Waals surface area contributed by atoms with Crippen LogP contribution in [0.5, 0.6) is 0 Å². The van der Waals surface area contributed by atoms with Gasteiger partial charge in [-0.25, -0.2) is 9.97 Å². The van der Waals surface area contributed by atoms with Crippen LogP contribution in [0.15, 0.2) is 6.07 Å². The lowest BCUT2D eigenvalue weighted by Crippen LogP contribution is -2.53. The molecule has 4 heterocycles. The van der Waals surface area contributed by atoms with E-state index in [2.05, 4.69) is 43.1 Å². The summed E-state index contributed by atoms with van der Waals surface area (Å²) < 4.78 is 0. The van der Waals surface area contributed by atoms with Crippen molar-refractivity contribution in [3.05, 3.63) is 11.9 Å². The Bertz CT molecular complexity index is 745. The maximum absolute atomic E-state index is 12.8. The van der Waals surface area contributed by atoms with Crippen molar-refractivity contribution in [1.82, 2.24) is 25.1 Å². The van der Waals surface area contributed by atoms with Crippen molar-refractivity contribution in [3.63, 3.8) is 0 Å². The zero-order valence-corrected chi connectivity index (χ0v) is 17.4. The molecular weight excluding hydrogens is 370 g/mol. The smallest absolute Gasteiger partial charge is 0.227 e. The lowest BCUT2D eigenvalue weighted by atomic mass is 9.97. The molecule has 29 heavy (non-hydrogen) atoms. The van der Waals surface area contributed by atoms with Crippen LogP contribution in [0.2, 0.25) is 0 Å². The van der Waals surface area contributed by atoms with Gasteiger partial charge in [-0.2, -0.15) is 0 Å². The minimum Gasteiger partial charge on any atom is -0.355 e. The Morgan fingerprint density at radius 3 is 2.14 bits per heavy atom. The number of nitrogens with zero attached hydrogens (tertiary/aromatic N) is 6. The molecule has 1 aromatic rings. The summed E-state index contributed by atoms with van der Waals surface area (Å²) in [5.41, 5.74) is 0. The van der Waals surface area contributed by atoms with Gasteiger partial charge in [-0.3, -0.25) is 9.59 Å². The number of aromatic nitrogens is 2. The topological polar surface area (TPSA) is 84.9 Å². The predicted octanol–water partition coefficient (Wildman–Crippen LogP) is -0.288. The molecule has 1 atom stereocenters. The van der Waals surface area contributed by atoms with Gasteiger partial charge in [0.1, 0.15) is 17.5 Å². The van der Waals surface area contributed by atoms with Crippen LogP contribution in [0.4, 0.5) is 11.6 Å². The van der Waals surface area contributed by atoms with Gasteiger partial charge in [-0.1, -0.05) is 0 Å². The Morgan fingerprint density at radius 1 is 1.00 bits per heavy atom. The number of aryl methyl sites for hydroxylation is 1. The van der Waals surface area contributed by atoms with Crippen molar-refractivity contribution in [2.45, 2.75) is 19.8 Å². The van der Waals surface area contributed by atoms with Crippen LogP contribution in [-0.2, 0) is 9.59 Å². The first kappa shape index (κ1) is 19.9. The van der Waals surface area contributed by atoms with Gasteiger partial charge in [0, 0.05) is 71.4 Å². The molecule has 158 valence electrons. The lowest BCUT2D eigenvalue weighted by Gasteiger charge is -2.38. The van der Waals surface area contributed by atoms with Gasteiger partial charge >= 0.3 is 0 Å². The van der Waals surface area contributed by atoms with Gasteiger partial charge in [-0.15, -0.1) is 0 Å². The monoisotopic (exact) mass is 401 g/mol. The van der Waals surface area contributed by atoms with E-state index in [1.807, 2.05) is 11.8 Å². The molecule has 0 radical (unpaired) electrons. The number of carbonyl (C=O) groups is 2. The maximum atomic E-state index is 12.8. The Hall–Kier alpha value is -2.42. The SMILES string of the molecule is Cc1nc(N2CCN(C)CC2)cc(N2CCN(C(=O)C3CCC(=O)NC3)CC2)n1. The second-order valence-electron chi connectivity index (χ2n) is 8.27. The van der Waals surface area contributed by atoms with E-state index in [0.29, 0.717) is 32.5 Å². The molecule has 3 fully saturated rings. The number of carbonyl (C=O) groups excluding carboxylic acids is 2. The number of nitrogens with one attached hydrogen (secondary N) is 1. The average molecular weight is 402 g/mol. The molecule has 3 aliphatic heterocycles. The third-order valence-electron chi connectivity index (χ3n) is 6.17. The molecule has 9 heteroatoms. The third-order valence-corrected chi connectivity index (χ3v) is 6.17. The van der Waals surface area contributed by atoms with Gasteiger partial charge < -0.3 is 24.9 Å². The van der Waals surface area contributed by atoms with Crippen molar-refractivity contribution in [2.75, 3.05) is 75.8 Å². The number of rotatable bonds is 3. The van der Waals surface area contributed by atoms with E-state index in [0.717, 1.165) is 56.7 Å². The summed E-state index contributed by atoms with van der Waals surface area (Å²) in [6, 6.07) is 2.09. The average Bonchev–Trinajstić information content (AvgIpc) is 2.74. The van der Waals surface area contributed by atoms with Crippen molar-refractivity contribution in [2.24, 2.45) is 5.92 Å². The molecule has 1 aromatic heterocycles. The molecule has 1 N–H and O–H groups in total. The van der Waals surface area contributed by atoms with Gasteiger partial charge in [0.05, 0.1) is 5.92 Å². The number of piperidine rings is 1. The number of hydrogen-bond donors (Lipinski definition) is 1. The van der Waals surface area contributed by atoms with Crippen LogP contribution >= 0.6 is 0 Å². The molecule has 0 saturated carbocycles. The van der Waals surface area contributed by atoms with Crippen LogP contribution in [0.3, 0.4) is 0 Å². The summed E-state index contributed by atoms with van der Waals surface area (Å²) in [6.45, 7) is 9.37. The number of anilines is 2. The quantitative estimate of drug-likeness (QED) is 0.745. The number of likely N-dealkylation sites (N-methyl/N-ethyl adjacent to an activating group) is 1. The first-order valence-electron chi connectivity index (χ1n) is 10.6. The molecular formula is C20H31N7O2. The first-order chi connectivity index (χ1) is 14.0. The van der Waals surface area contributed by atoms with E-state index < -0.39 is 0 Å². The summed E-state index contributed by atoms with van der Waals surface area (Å²) in [4.78, 5) is 42.3. The Balaban J connectivity index is 1.37. The van der Waals surface area contributed by atoms with Gasteiger partial charge in [-0.05, 0) is 20.4 Å². The number of piperazine rings is 2. The summed E-state index contributed by atoms with van der Waals surface area (Å²) in [6.07, 6.45) is 1.11. The fraction of sp³-hybridized carbons (Fsp3) is 0.700. The molecule has 3 saturated heterocycles. The second kappa shape index (κ2) is 8.52. The second-order valence-corrected chi connectivity index (χ2v) is 8.27. The predicted molar refractivity (Wildman–Crippen MR) is 111 cm³/mol.